The molecule has 0 spiro atoms. The van der Waals surface area contributed by atoms with Crippen LogP contribution in [-0.2, 0) is 9.53 Å². The van der Waals surface area contributed by atoms with Crippen LogP contribution in [0.5, 0.6) is 0 Å². The maximum atomic E-state index is 11.5. The predicted molar refractivity (Wildman–Crippen MR) is 96.6 cm³/mol. The molecular weight excluding hydrogens is 356 g/mol. The number of benzene rings is 1. The minimum atomic E-state index is -0.731. The smallest absolute Gasteiger partial charge is 0.348 e. The van der Waals surface area contributed by atoms with Crippen molar-refractivity contribution in [1.82, 2.24) is 0 Å². The molecule has 1 rings (SSSR count). The zero-order valence-electron chi connectivity index (χ0n) is 14.5. The number of hydrogen-bond donors (Lipinski definition) is 1. The van der Waals surface area contributed by atoms with Gasteiger partial charge in [-0.2, -0.15) is 5.26 Å². The Balaban J connectivity index is 2.94. The molecule has 1 aromatic carbocycles. The summed E-state index contributed by atoms with van der Waals surface area (Å²) in [6.07, 6.45) is 5.73. The lowest BCUT2D eigenvalue weighted by molar-refractivity contribution is -0.393. The minimum absolute atomic E-state index is 0.0816. The number of hydrogen-bond acceptors (Lipinski definition) is 8. The van der Waals surface area contributed by atoms with Gasteiger partial charge in [0, 0.05) is 12.3 Å². The van der Waals surface area contributed by atoms with Gasteiger partial charge in [0.2, 0.25) is 0 Å². The van der Waals surface area contributed by atoms with Crippen LogP contribution in [0.4, 0.5) is 17.1 Å². The SMILES string of the molecule is CCOC(=O)/C(C#N)=C\C=C\C(C)=CNc1ccc([N+](=O)[O-])cc1[N+](=O)[O-]. The summed E-state index contributed by atoms with van der Waals surface area (Å²) in [7, 11) is 0. The lowest BCUT2D eigenvalue weighted by Gasteiger charge is -2.03. The molecule has 0 aliphatic carbocycles. The van der Waals surface area contributed by atoms with Crippen molar-refractivity contribution in [2.24, 2.45) is 0 Å². The van der Waals surface area contributed by atoms with Crippen LogP contribution >= 0.6 is 0 Å². The molecule has 140 valence electrons. The van der Waals surface area contributed by atoms with Crippen molar-refractivity contribution in [3.05, 3.63) is 74.0 Å². The van der Waals surface area contributed by atoms with Crippen LogP contribution in [0, 0.1) is 31.6 Å². The monoisotopic (exact) mass is 372 g/mol. The Labute approximate surface area is 154 Å². The Morgan fingerprint density at radius 2 is 2.04 bits per heavy atom. The topological polar surface area (TPSA) is 148 Å². The number of ether oxygens (including phenoxy) is 1. The third-order valence-corrected chi connectivity index (χ3v) is 3.08. The summed E-state index contributed by atoms with van der Waals surface area (Å²) in [5.74, 6) is -0.731. The zero-order chi connectivity index (χ0) is 20.4. The molecule has 0 fully saturated rings. The molecule has 10 nitrogen and oxygen atoms in total. The van der Waals surface area contributed by atoms with E-state index < -0.39 is 21.5 Å². The van der Waals surface area contributed by atoms with E-state index in [1.54, 1.807) is 26.0 Å². The van der Waals surface area contributed by atoms with Gasteiger partial charge in [-0.25, -0.2) is 4.79 Å². The van der Waals surface area contributed by atoms with Crippen molar-refractivity contribution in [2.45, 2.75) is 13.8 Å². The lowest BCUT2D eigenvalue weighted by atomic mass is 10.2. The molecular formula is C17H16N4O6. The number of nitriles is 1. The molecule has 0 bridgehead atoms. The lowest BCUT2D eigenvalue weighted by Crippen LogP contribution is -2.05. The van der Waals surface area contributed by atoms with E-state index in [0.717, 1.165) is 12.1 Å². The number of nitrogens with one attached hydrogen (secondary N) is 1. The number of carbonyl (C=O) groups is 1. The summed E-state index contributed by atoms with van der Waals surface area (Å²) in [6.45, 7) is 3.45. The third-order valence-electron chi connectivity index (χ3n) is 3.08. The molecule has 10 heteroatoms. The molecule has 0 aromatic heterocycles. The van der Waals surface area contributed by atoms with E-state index in [0.29, 0.717) is 5.57 Å². The summed E-state index contributed by atoms with van der Waals surface area (Å²) < 4.78 is 4.72. The number of non-ortho nitro benzene ring substituents is 1. The molecule has 0 saturated carbocycles. The van der Waals surface area contributed by atoms with Gasteiger partial charge < -0.3 is 10.1 Å². The van der Waals surface area contributed by atoms with Crippen LogP contribution in [0.2, 0.25) is 0 Å². The molecule has 0 unspecified atom stereocenters. The fourth-order valence-corrected chi connectivity index (χ4v) is 1.80. The third kappa shape index (κ3) is 6.43. The molecule has 0 atom stereocenters. The number of nitro benzene ring substituents is 2. The van der Waals surface area contributed by atoms with Crippen LogP contribution in [0.3, 0.4) is 0 Å². The number of allylic oxidation sites excluding steroid dienone is 4. The van der Waals surface area contributed by atoms with Crippen molar-refractivity contribution in [2.75, 3.05) is 11.9 Å². The second kappa shape index (κ2) is 10.1. The highest BCUT2D eigenvalue weighted by Crippen LogP contribution is 2.29. The van der Waals surface area contributed by atoms with E-state index in [1.807, 2.05) is 0 Å². The van der Waals surface area contributed by atoms with Crippen molar-refractivity contribution in [3.8, 4) is 6.07 Å². The average Bonchev–Trinajstić information content (AvgIpc) is 2.63. The Morgan fingerprint density at radius 1 is 1.33 bits per heavy atom. The highest BCUT2D eigenvalue weighted by Gasteiger charge is 2.18. The van der Waals surface area contributed by atoms with Gasteiger partial charge in [0.1, 0.15) is 17.3 Å². The van der Waals surface area contributed by atoms with Crippen molar-refractivity contribution >= 4 is 23.0 Å². The number of carbonyl (C=O) groups excluding carboxylic acids is 1. The average molecular weight is 372 g/mol. The largest absolute Gasteiger partial charge is 0.462 e. The summed E-state index contributed by atoms with van der Waals surface area (Å²) in [6, 6.07) is 4.97. The first-order valence-corrected chi connectivity index (χ1v) is 7.61. The van der Waals surface area contributed by atoms with Crippen LogP contribution in [0.15, 0.2) is 53.8 Å². The number of rotatable bonds is 8. The van der Waals surface area contributed by atoms with Gasteiger partial charge in [-0.1, -0.05) is 12.2 Å². The van der Waals surface area contributed by atoms with Gasteiger partial charge in [0.15, 0.2) is 0 Å². The number of nitro groups is 2. The van der Waals surface area contributed by atoms with Crippen LogP contribution in [-0.4, -0.2) is 22.4 Å². The Bertz CT molecular complexity index is 880. The predicted octanol–water partition coefficient (Wildman–Crippen LogP) is 3.39. The van der Waals surface area contributed by atoms with Gasteiger partial charge in [0.05, 0.1) is 22.5 Å². The highest BCUT2D eigenvalue weighted by molar-refractivity contribution is 5.93. The Morgan fingerprint density at radius 3 is 2.59 bits per heavy atom. The van der Waals surface area contributed by atoms with Gasteiger partial charge in [-0.3, -0.25) is 20.2 Å². The fourth-order valence-electron chi connectivity index (χ4n) is 1.80. The standard InChI is InChI=1S/C17H16N4O6/c1-3-27-17(22)13(10-18)6-4-5-12(2)11-19-15-8-7-14(20(23)24)9-16(15)21(25)26/h4-9,11,19H,3H2,1-2H3/b5-4+,12-11?,13-6-. The first-order valence-electron chi connectivity index (χ1n) is 7.61. The normalized spacial score (nSPS) is 11.7. The van der Waals surface area contributed by atoms with Crippen LogP contribution in [0.25, 0.3) is 0 Å². The van der Waals surface area contributed by atoms with Crippen molar-refractivity contribution < 1.29 is 19.4 Å². The zero-order valence-corrected chi connectivity index (χ0v) is 14.5. The van der Waals surface area contributed by atoms with Gasteiger partial charge >= 0.3 is 5.97 Å². The van der Waals surface area contributed by atoms with Crippen LogP contribution in [0.1, 0.15) is 13.8 Å². The van der Waals surface area contributed by atoms with E-state index in [-0.39, 0.29) is 23.6 Å². The number of anilines is 1. The molecule has 0 amide bonds. The summed E-state index contributed by atoms with van der Waals surface area (Å²) >= 11 is 0. The van der Waals surface area contributed by atoms with E-state index in [1.165, 1.54) is 24.4 Å². The fraction of sp³-hybridized carbons (Fsp3) is 0.176. The van der Waals surface area contributed by atoms with Gasteiger partial charge in [-0.15, -0.1) is 0 Å². The van der Waals surface area contributed by atoms with Gasteiger partial charge in [-0.05, 0) is 31.6 Å². The molecule has 27 heavy (non-hydrogen) atoms. The number of nitrogens with zero attached hydrogens (tertiary/aromatic N) is 3. The molecule has 0 saturated heterocycles. The summed E-state index contributed by atoms with van der Waals surface area (Å²) in [4.78, 5) is 31.8. The molecule has 0 radical (unpaired) electrons. The van der Waals surface area contributed by atoms with Crippen molar-refractivity contribution in [1.29, 1.82) is 5.26 Å². The molecule has 1 aromatic rings. The Kier molecular flexibility index (Phi) is 7.87. The quantitative estimate of drug-likeness (QED) is 0.182. The van der Waals surface area contributed by atoms with E-state index in [4.69, 9.17) is 10.00 Å². The van der Waals surface area contributed by atoms with E-state index in [9.17, 15) is 25.0 Å². The summed E-state index contributed by atoms with van der Waals surface area (Å²) in [5.41, 5.74) is -0.301. The number of esters is 1. The summed E-state index contributed by atoms with van der Waals surface area (Å²) in [5, 5.41) is 33.4. The Hall–Kier alpha value is -4.00. The first kappa shape index (κ1) is 21.0. The maximum Gasteiger partial charge on any atom is 0.348 e. The molecule has 0 aliphatic heterocycles. The van der Waals surface area contributed by atoms with Gasteiger partial charge in [0.25, 0.3) is 11.4 Å². The maximum absolute atomic E-state index is 11.5. The minimum Gasteiger partial charge on any atom is -0.462 e. The first-order chi connectivity index (χ1) is 12.8. The second-order valence-electron chi connectivity index (χ2n) is 5.02. The molecule has 1 N–H and O–H groups in total. The molecule has 0 heterocycles. The van der Waals surface area contributed by atoms with Crippen molar-refractivity contribution in [3.63, 3.8) is 0 Å². The molecule has 0 aliphatic rings. The van der Waals surface area contributed by atoms with E-state index in [2.05, 4.69) is 5.32 Å². The van der Waals surface area contributed by atoms with Crippen LogP contribution < -0.4 is 5.32 Å². The van der Waals surface area contributed by atoms with E-state index >= 15 is 0 Å². The second-order valence-corrected chi connectivity index (χ2v) is 5.02. The highest BCUT2D eigenvalue weighted by atomic mass is 16.6.